The summed E-state index contributed by atoms with van der Waals surface area (Å²) in [6.45, 7) is 2.08. The molecule has 1 heterocycles. The molecule has 0 nitrogen and oxygen atoms in total. The summed E-state index contributed by atoms with van der Waals surface area (Å²) in [5, 5.41) is 0. The molecule has 1 atom stereocenters. The van der Waals surface area contributed by atoms with Crippen LogP contribution in [0.25, 0.3) is 6.08 Å². The maximum atomic E-state index is 3.47. The zero-order chi connectivity index (χ0) is 13.8. The van der Waals surface area contributed by atoms with Crippen LogP contribution in [-0.2, 0) is 26.2 Å². The SMILES string of the molecule is C[c-]1cccc1.[C-]1=Cc2ccccc2C1p1cccc1.[Cl-].[Cl-].[Zr+4]. The second kappa shape index (κ2) is 11.2. The van der Waals surface area contributed by atoms with Crippen LogP contribution >= 0.6 is 7.53 Å². The largest absolute Gasteiger partial charge is 4.00 e. The maximum Gasteiger partial charge on any atom is 4.00 e. The predicted molar refractivity (Wildman–Crippen MR) is 88.2 cm³/mol. The zero-order valence-corrected chi connectivity index (χ0v) is 17.7. The Kier molecular flexibility index (Phi) is 11.0. The minimum atomic E-state index is -0.136. The molecule has 4 heteroatoms. The van der Waals surface area contributed by atoms with Crippen molar-refractivity contribution in [1.82, 2.24) is 0 Å². The van der Waals surface area contributed by atoms with E-state index in [2.05, 4.69) is 79.2 Å². The zero-order valence-electron chi connectivity index (χ0n) is 12.8. The Bertz CT molecular complexity index is 688. The normalized spacial score (nSPS) is 13.5. The van der Waals surface area contributed by atoms with Gasteiger partial charge in [-0.15, -0.1) is 19.2 Å². The van der Waals surface area contributed by atoms with E-state index in [4.69, 9.17) is 0 Å². The molecule has 116 valence electrons. The quantitative estimate of drug-likeness (QED) is 0.463. The minimum absolute atomic E-state index is 0. The first-order valence-corrected chi connectivity index (χ1v) is 8.38. The van der Waals surface area contributed by atoms with Gasteiger partial charge in [0, 0.05) is 0 Å². The Morgan fingerprint density at radius 1 is 0.913 bits per heavy atom. The molecule has 3 aromatic rings. The van der Waals surface area contributed by atoms with Crippen molar-refractivity contribution >= 4 is 13.6 Å². The summed E-state index contributed by atoms with van der Waals surface area (Å²) in [6, 6.07) is 21.1. The summed E-state index contributed by atoms with van der Waals surface area (Å²) in [4.78, 5) is 0. The van der Waals surface area contributed by atoms with Crippen molar-refractivity contribution in [2.24, 2.45) is 0 Å². The smallest absolute Gasteiger partial charge is 1.00 e. The van der Waals surface area contributed by atoms with E-state index < -0.39 is 0 Å². The molecule has 1 aliphatic rings. The van der Waals surface area contributed by atoms with E-state index in [0.717, 1.165) is 0 Å². The number of fused-ring (bicyclic) bond motifs is 1. The van der Waals surface area contributed by atoms with E-state index in [0.29, 0.717) is 5.66 Å². The molecular weight excluding hydrogens is 421 g/mol. The predicted octanol–water partition coefficient (Wildman–Crippen LogP) is -0.188. The molecule has 0 bridgehead atoms. The van der Waals surface area contributed by atoms with Gasteiger partial charge in [-0.25, -0.2) is 18.2 Å². The molecule has 2 aromatic carbocycles. The van der Waals surface area contributed by atoms with Gasteiger partial charge in [0.2, 0.25) is 0 Å². The maximum absolute atomic E-state index is 3.47. The molecule has 0 radical (unpaired) electrons. The van der Waals surface area contributed by atoms with Gasteiger partial charge in [-0.1, -0.05) is 37.3 Å². The van der Waals surface area contributed by atoms with E-state index in [-0.39, 0.29) is 58.6 Å². The summed E-state index contributed by atoms with van der Waals surface area (Å²) < 4.78 is 0. The fraction of sp³-hybridized carbons (Fsp3) is 0.105. The summed E-state index contributed by atoms with van der Waals surface area (Å²) in [6.07, 6.45) is 5.59. The van der Waals surface area contributed by atoms with E-state index >= 15 is 0 Å². The van der Waals surface area contributed by atoms with Gasteiger partial charge < -0.3 is 24.8 Å². The van der Waals surface area contributed by atoms with E-state index in [1.54, 1.807) is 0 Å². The molecule has 0 N–H and O–H groups in total. The number of aryl methyl sites for hydroxylation is 1. The number of rotatable bonds is 1. The molecule has 23 heavy (non-hydrogen) atoms. The second-order valence-electron chi connectivity index (χ2n) is 4.93. The molecule has 1 aromatic heterocycles. The number of hydrogen-bond acceptors (Lipinski definition) is 0. The van der Waals surface area contributed by atoms with Crippen LogP contribution in [0.15, 0.2) is 72.3 Å². The van der Waals surface area contributed by atoms with E-state index in [9.17, 15) is 0 Å². The number of hydrogen-bond donors (Lipinski definition) is 0. The van der Waals surface area contributed by atoms with Gasteiger partial charge >= 0.3 is 26.2 Å². The molecule has 1 unspecified atom stereocenters. The Morgan fingerprint density at radius 2 is 1.52 bits per heavy atom. The number of benzene rings is 1. The number of halogens is 2. The van der Waals surface area contributed by atoms with Crippen LogP contribution in [0, 0.1) is 13.0 Å². The molecule has 0 spiro atoms. The van der Waals surface area contributed by atoms with Crippen molar-refractivity contribution in [3.8, 4) is 0 Å². The van der Waals surface area contributed by atoms with Crippen molar-refractivity contribution in [2.75, 3.05) is 0 Å². The van der Waals surface area contributed by atoms with Crippen LogP contribution in [0.1, 0.15) is 22.3 Å². The monoisotopic (exact) mass is 436 g/mol. The topological polar surface area (TPSA) is 0 Å². The summed E-state index contributed by atoms with van der Waals surface area (Å²) in [5.41, 5.74) is 4.62. The molecule has 0 amide bonds. The standard InChI is InChI=1S/C13H10P.C6H7.2ClH.Zr/c1-2-6-12-11(5-1)7-8-13(12)14-9-3-4-10-14;1-6-4-2-3-5-6;;;/h1-7,9-10,13H;2-5H,1H3;2*1H;/q2*-1;;;+4/p-2. The van der Waals surface area contributed by atoms with Gasteiger partial charge in [0.25, 0.3) is 0 Å². The van der Waals surface area contributed by atoms with Crippen LogP contribution in [0.4, 0.5) is 0 Å². The van der Waals surface area contributed by atoms with Gasteiger partial charge in [-0.2, -0.15) is 23.3 Å². The van der Waals surface area contributed by atoms with Crippen LogP contribution in [0.3, 0.4) is 0 Å². The fourth-order valence-corrected chi connectivity index (χ4v) is 4.23. The average Bonchev–Trinajstić information content (AvgIpc) is 3.19. The molecule has 1 aliphatic carbocycles. The van der Waals surface area contributed by atoms with Gasteiger partial charge in [0.05, 0.1) is 0 Å². The molecule has 4 rings (SSSR count). The first-order chi connectivity index (χ1) is 9.84. The molecule has 0 aliphatic heterocycles. The second-order valence-corrected chi connectivity index (χ2v) is 6.94. The minimum Gasteiger partial charge on any atom is -1.00 e. The van der Waals surface area contributed by atoms with Gasteiger partial charge in [-0.05, 0) is 17.3 Å². The summed E-state index contributed by atoms with van der Waals surface area (Å²) in [5.74, 6) is 4.62. The molecular formula is C19H17Cl2PZr. The first kappa shape index (κ1) is 22.6. The Balaban J connectivity index is 0.000000469. The number of allylic oxidation sites excluding steroid dienone is 1. The fourth-order valence-electron chi connectivity index (χ4n) is 2.39. The third kappa shape index (κ3) is 5.84. The van der Waals surface area contributed by atoms with Crippen LogP contribution in [0.5, 0.6) is 0 Å². The average molecular weight is 438 g/mol. The molecule has 0 saturated carbocycles. The first-order valence-electron chi connectivity index (χ1n) is 6.83. The molecule has 0 saturated heterocycles. The van der Waals surface area contributed by atoms with Gasteiger partial charge in [0.15, 0.2) is 0 Å². The van der Waals surface area contributed by atoms with Gasteiger partial charge in [0.1, 0.15) is 0 Å². The van der Waals surface area contributed by atoms with Crippen LogP contribution in [-0.4, -0.2) is 0 Å². The van der Waals surface area contributed by atoms with E-state index in [1.165, 1.54) is 16.7 Å². The van der Waals surface area contributed by atoms with Crippen molar-refractivity contribution in [3.05, 3.63) is 95.0 Å². The summed E-state index contributed by atoms with van der Waals surface area (Å²) in [7, 11) is -0.136. The Morgan fingerprint density at radius 3 is 2.09 bits per heavy atom. The molecule has 0 fully saturated rings. The van der Waals surface area contributed by atoms with Crippen LogP contribution in [0.2, 0.25) is 0 Å². The Hall–Kier alpha value is -0.447. The Labute approximate surface area is 171 Å². The van der Waals surface area contributed by atoms with Crippen molar-refractivity contribution in [2.45, 2.75) is 12.6 Å². The van der Waals surface area contributed by atoms with Crippen molar-refractivity contribution < 1.29 is 51.0 Å². The third-order valence-electron chi connectivity index (χ3n) is 3.44. The van der Waals surface area contributed by atoms with Crippen molar-refractivity contribution in [3.63, 3.8) is 0 Å². The summed E-state index contributed by atoms with van der Waals surface area (Å²) >= 11 is 0. The van der Waals surface area contributed by atoms with E-state index in [1.807, 2.05) is 12.1 Å². The van der Waals surface area contributed by atoms with Crippen molar-refractivity contribution in [1.29, 1.82) is 0 Å². The van der Waals surface area contributed by atoms with Gasteiger partial charge in [-0.3, -0.25) is 6.08 Å². The third-order valence-corrected chi connectivity index (χ3v) is 5.50. The van der Waals surface area contributed by atoms with Crippen LogP contribution < -0.4 is 24.8 Å².